The topological polar surface area (TPSA) is 68.0 Å². The van der Waals surface area contributed by atoms with Gasteiger partial charge in [0.2, 0.25) is 11.8 Å². The molecule has 128 valence electrons. The summed E-state index contributed by atoms with van der Waals surface area (Å²) in [6.07, 6.45) is 0. The van der Waals surface area contributed by atoms with E-state index in [1.807, 2.05) is 56.3 Å². The first-order chi connectivity index (χ1) is 12.0. The molecule has 0 fully saturated rings. The zero-order chi connectivity index (χ0) is 17.8. The second-order valence-electron chi connectivity index (χ2n) is 5.54. The number of amides is 1. The lowest BCUT2D eigenvalue weighted by atomic mass is 10.1. The van der Waals surface area contributed by atoms with E-state index in [1.54, 1.807) is 0 Å². The Kier molecular flexibility index (Phi) is 5.74. The first-order valence-corrected chi connectivity index (χ1v) is 9.67. The summed E-state index contributed by atoms with van der Waals surface area (Å²) in [5, 5.41) is 11.3. The second-order valence-corrected chi connectivity index (χ2v) is 7.71. The van der Waals surface area contributed by atoms with Crippen LogP contribution in [-0.2, 0) is 4.79 Å². The van der Waals surface area contributed by atoms with Crippen LogP contribution in [-0.4, -0.2) is 21.9 Å². The molecule has 0 bridgehead atoms. The van der Waals surface area contributed by atoms with Gasteiger partial charge >= 0.3 is 0 Å². The van der Waals surface area contributed by atoms with E-state index in [4.69, 9.17) is 4.42 Å². The van der Waals surface area contributed by atoms with Gasteiger partial charge < -0.3 is 9.73 Å². The van der Waals surface area contributed by atoms with Crippen molar-refractivity contribution in [2.45, 2.75) is 19.1 Å². The van der Waals surface area contributed by atoms with Crippen LogP contribution in [0.2, 0.25) is 0 Å². The first-order valence-electron chi connectivity index (χ1n) is 7.60. The van der Waals surface area contributed by atoms with Gasteiger partial charge in [-0.25, -0.2) is 0 Å². The zero-order valence-electron chi connectivity index (χ0n) is 13.7. The first kappa shape index (κ1) is 17.9. The third-order valence-corrected chi connectivity index (χ3v) is 4.95. The predicted molar refractivity (Wildman–Crippen MR) is 108 cm³/mol. The van der Waals surface area contributed by atoms with Gasteiger partial charge in [0.1, 0.15) is 0 Å². The van der Waals surface area contributed by atoms with E-state index in [0.29, 0.717) is 11.1 Å². The van der Waals surface area contributed by atoms with Crippen LogP contribution >= 0.6 is 34.4 Å². The number of hydrogen-bond donors (Lipinski definition) is 1. The van der Waals surface area contributed by atoms with Crippen molar-refractivity contribution in [3.05, 3.63) is 57.2 Å². The number of carbonyl (C=O) groups is 1. The van der Waals surface area contributed by atoms with Crippen LogP contribution < -0.4 is 5.32 Å². The van der Waals surface area contributed by atoms with Crippen LogP contribution in [0.4, 0.5) is 5.69 Å². The van der Waals surface area contributed by atoms with Crippen LogP contribution in [0.3, 0.4) is 0 Å². The molecule has 7 heteroatoms. The van der Waals surface area contributed by atoms with Gasteiger partial charge in [-0.2, -0.15) is 0 Å². The van der Waals surface area contributed by atoms with Crippen molar-refractivity contribution < 1.29 is 9.21 Å². The number of nitrogens with one attached hydrogen (secondary N) is 1. The summed E-state index contributed by atoms with van der Waals surface area (Å²) in [6.45, 7) is 3.98. The van der Waals surface area contributed by atoms with Crippen LogP contribution in [0.15, 0.2) is 52.1 Å². The molecule has 0 atom stereocenters. The van der Waals surface area contributed by atoms with Gasteiger partial charge in [0.15, 0.2) is 0 Å². The molecule has 1 aromatic heterocycles. The Morgan fingerprint density at radius 2 is 2.04 bits per heavy atom. The van der Waals surface area contributed by atoms with Crippen molar-refractivity contribution in [2.24, 2.45) is 0 Å². The number of rotatable bonds is 5. The van der Waals surface area contributed by atoms with E-state index >= 15 is 0 Å². The standard InChI is InChI=1S/C18H16IN3O2S/c1-11-4-3-5-13(8-11)17-21-22-18(24-17)25-10-16(23)20-15-7-6-14(19)9-12(15)2/h3-9H,10H2,1-2H3,(H,20,23). The highest BCUT2D eigenvalue weighted by Gasteiger charge is 2.12. The molecule has 0 radical (unpaired) electrons. The normalized spacial score (nSPS) is 10.7. The number of nitrogens with zero attached hydrogens (tertiary/aromatic N) is 2. The molecular formula is C18H16IN3O2S. The Bertz CT molecular complexity index is 911. The lowest BCUT2D eigenvalue weighted by Gasteiger charge is -2.07. The van der Waals surface area contributed by atoms with Crippen LogP contribution in [0.5, 0.6) is 0 Å². The van der Waals surface area contributed by atoms with E-state index in [9.17, 15) is 4.79 Å². The van der Waals surface area contributed by atoms with Crippen LogP contribution in [0, 0.1) is 17.4 Å². The van der Waals surface area contributed by atoms with Gasteiger partial charge in [0.05, 0.1) is 5.75 Å². The summed E-state index contributed by atoms with van der Waals surface area (Å²) in [5.41, 5.74) is 3.84. The van der Waals surface area contributed by atoms with E-state index in [1.165, 1.54) is 11.8 Å². The van der Waals surface area contributed by atoms with E-state index < -0.39 is 0 Å². The lowest BCUT2D eigenvalue weighted by molar-refractivity contribution is -0.113. The quantitative estimate of drug-likeness (QED) is 0.438. The van der Waals surface area contributed by atoms with Gasteiger partial charge in [0.25, 0.3) is 5.22 Å². The smallest absolute Gasteiger partial charge is 0.277 e. The molecule has 0 unspecified atom stereocenters. The molecule has 3 rings (SSSR count). The molecule has 0 aliphatic carbocycles. The Hall–Kier alpha value is -1.87. The molecule has 1 N–H and O–H groups in total. The molecule has 2 aromatic carbocycles. The third kappa shape index (κ3) is 4.82. The maximum atomic E-state index is 12.1. The van der Waals surface area contributed by atoms with Crippen molar-refractivity contribution in [2.75, 3.05) is 11.1 Å². The Morgan fingerprint density at radius 1 is 1.20 bits per heavy atom. The minimum atomic E-state index is -0.107. The molecule has 0 aliphatic rings. The number of aromatic nitrogens is 2. The molecule has 0 saturated heterocycles. The number of benzene rings is 2. The molecular weight excluding hydrogens is 449 g/mol. The average Bonchev–Trinajstić information content (AvgIpc) is 3.05. The molecule has 0 saturated carbocycles. The summed E-state index contributed by atoms with van der Waals surface area (Å²) in [7, 11) is 0. The number of thioether (sulfide) groups is 1. The molecule has 0 spiro atoms. The predicted octanol–water partition coefficient (Wildman–Crippen LogP) is 4.69. The van der Waals surface area contributed by atoms with E-state index in [2.05, 4.69) is 38.1 Å². The Balaban J connectivity index is 1.59. The van der Waals surface area contributed by atoms with E-state index in [-0.39, 0.29) is 11.7 Å². The highest BCUT2D eigenvalue weighted by Crippen LogP contribution is 2.24. The highest BCUT2D eigenvalue weighted by atomic mass is 127. The van der Waals surface area contributed by atoms with Crippen LogP contribution in [0.1, 0.15) is 11.1 Å². The summed E-state index contributed by atoms with van der Waals surface area (Å²) in [5.74, 6) is 0.561. The van der Waals surface area contributed by atoms with E-state index in [0.717, 1.165) is 25.9 Å². The third-order valence-electron chi connectivity index (χ3n) is 3.46. The molecule has 1 heterocycles. The maximum absolute atomic E-state index is 12.1. The molecule has 5 nitrogen and oxygen atoms in total. The summed E-state index contributed by atoms with van der Waals surface area (Å²) >= 11 is 3.47. The molecule has 3 aromatic rings. The average molecular weight is 465 g/mol. The minimum absolute atomic E-state index is 0.107. The van der Waals surface area contributed by atoms with Gasteiger partial charge in [-0.05, 0) is 72.3 Å². The number of hydrogen-bond acceptors (Lipinski definition) is 5. The monoisotopic (exact) mass is 465 g/mol. The summed E-state index contributed by atoms with van der Waals surface area (Å²) < 4.78 is 6.76. The highest BCUT2D eigenvalue weighted by molar-refractivity contribution is 14.1. The second kappa shape index (κ2) is 8.01. The van der Waals surface area contributed by atoms with Gasteiger partial charge in [0, 0.05) is 14.8 Å². The van der Waals surface area contributed by atoms with Gasteiger partial charge in [-0.15, -0.1) is 10.2 Å². The summed E-state index contributed by atoms with van der Waals surface area (Å²) in [6, 6.07) is 13.7. The van der Waals surface area contributed by atoms with Crippen molar-refractivity contribution in [3.63, 3.8) is 0 Å². The van der Waals surface area contributed by atoms with Crippen LogP contribution in [0.25, 0.3) is 11.5 Å². The van der Waals surface area contributed by atoms with Crippen molar-refractivity contribution in [1.82, 2.24) is 10.2 Å². The molecule has 25 heavy (non-hydrogen) atoms. The maximum Gasteiger partial charge on any atom is 0.277 e. The van der Waals surface area contributed by atoms with Crippen molar-refractivity contribution >= 4 is 45.9 Å². The molecule has 1 amide bonds. The number of carbonyl (C=O) groups excluding carboxylic acids is 1. The lowest BCUT2D eigenvalue weighted by Crippen LogP contribution is -2.14. The fourth-order valence-electron chi connectivity index (χ4n) is 2.24. The van der Waals surface area contributed by atoms with Gasteiger partial charge in [-0.3, -0.25) is 4.79 Å². The minimum Gasteiger partial charge on any atom is -0.411 e. The largest absolute Gasteiger partial charge is 0.411 e. The number of aryl methyl sites for hydroxylation is 2. The Morgan fingerprint density at radius 3 is 2.80 bits per heavy atom. The number of halogens is 1. The zero-order valence-corrected chi connectivity index (χ0v) is 16.7. The van der Waals surface area contributed by atoms with Gasteiger partial charge in [-0.1, -0.05) is 29.5 Å². The summed E-state index contributed by atoms with van der Waals surface area (Å²) in [4.78, 5) is 12.1. The Labute approximate surface area is 163 Å². The van der Waals surface area contributed by atoms with Crippen molar-refractivity contribution in [3.8, 4) is 11.5 Å². The molecule has 0 aliphatic heterocycles. The van der Waals surface area contributed by atoms with Crippen molar-refractivity contribution in [1.29, 1.82) is 0 Å². The fourth-order valence-corrected chi connectivity index (χ4v) is 3.45. The number of anilines is 1. The fraction of sp³-hybridized carbons (Fsp3) is 0.167. The SMILES string of the molecule is Cc1cccc(-c2nnc(SCC(=O)Nc3ccc(I)cc3C)o2)c1.